The maximum absolute atomic E-state index is 12.3. The normalized spacial score (nSPS) is 12.0. The summed E-state index contributed by atoms with van der Waals surface area (Å²) in [5.74, 6) is 5.36. The largest absolute Gasteiger partial charge is 0.344 e. The number of carbonyl (C=O) groups excluding carboxylic acids is 1. The van der Waals surface area contributed by atoms with Crippen LogP contribution in [-0.2, 0) is 0 Å². The number of aryl methyl sites for hydroxylation is 2. The highest BCUT2D eigenvalue weighted by Gasteiger charge is 2.18. The van der Waals surface area contributed by atoms with Gasteiger partial charge in [-0.2, -0.15) is 0 Å². The van der Waals surface area contributed by atoms with E-state index in [1.807, 2.05) is 20.8 Å². The molecule has 4 N–H and O–H groups in total. The van der Waals surface area contributed by atoms with Gasteiger partial charge in [0.15, 0.2) is 0 Å². The molecule has 0 aliphatic heterocycles. The van der Waals surface area contributed by atoms with Crippen molar-refractivity contribution in [2.24, 2.45) is 5.84 Å². The van der Waals surface area contributed by atoms with Crippen LogP contribution in [0, 0.1) is 13.8 Å². The highest BCUT2D eigenvalue weighted by atomic mass is 35.5. The second kappa shape index (κ2) is 6.43. The van der Waals surface area contributed by atoms with Crippen molar-refractivity contribution in [3.63, 3.8) is 0 Å². The Morgan fingerprint density at radius 2 is 2.14 bits per heavy atom. The Hall–Kier alpha value is -1.63. The third-order valence-electron chi connectivity index (χ3n) is 3.10. The number of nitrogens with zero attached hydrogens (tertiary/aromatic N) is 1. The Balaban J connectivity index is 2.20. The molecule has 2 aromatic rings. The molecule has 1 amide bonds. The van der Waals surface area contributed by atoms with Crippen LogP contribution in [-0.4, -0.2) is 10.9 Å². The molecule has 2 rings (SSSR count). The number of hydrogen-bond acceptors (Lipinski definition) is 5. The molecule has 2 heterocycles. The van der Waals surface area contributed by atoms with Gasteiger partial charge < -0.3 is 10.7 Å². The van der Waals surface area contributed by atoms with E-state index in [9.17, 15) is 4.79 Å². The number of anilines is 1. The predicted octanol–water partition coefficient (Wildman–Crippen LogP) is 3.19. The van der Waals surface area contributed by atoms with Crippen LogP contribution in [0.5, 0.6) is 0 Å². The first-order valence-corrected chi connectivity index (χ1v) is 7.62. The van der Waals surface area contributed by atoms with Crippen molar-refractivity contribution in [1.29, 1.82) is 0 Å². The topological polar surface area (TPSA) is 80.0 Å². The average molecular weight is 325 g/mol. The summed E-state index contributed by atoms with van der Waals surface area (Å²) in [5, 5.41) is 3.20. The summed E-state index contributed by atoms with van der Waals surface area (Å²) < 4.78 is 0. The van der Waals surface area contributed by atoms with Crippen LogP contribution in [0.25, 0.3) is 0 Å². The molecule has 0 aliphatic rings. The van der Waals surface area contributed by atoms with Gasteiger partial charge in [-0.15, -0.1) is 11.3 Å². The molecule has 0 saturated heterocycles. The van der Waals surface area contributed by atoms with Gasteiger partial charge in [-0.3, -0.25) is 4.79 Å². The fourth-order valence-corrected chi connectivity index (χ4v) is 3.32. The van der Waals surface area contributed by atoms with E-state index in [1.165, 1.54) is 9.75 Å². The van der Waals surface area contributed by atoms with Gasteiger partial charge in [-0.05, 0) is 44.5 Å². The zero-order valence-electron chi connectivity index (χ0n) is 12.0. The highest BCUT2D eigenvalue weighted by Crippen LogP contribution is 2.26. The molecule has 1 atom stereocenters. The number of carbonyl (C=O) groups is 1. The lowest BCUT2D eigenvalue weighted by atomic mass is 10.1. The van der Waals surface area contributed by atoms with E-state index >= 15 is 0 Å². The minimum atomic E-state index is -0.326. The first kappa shape index (κ1) is 15.8. The third-order valence-corrected chi connectivity index (χ3v) is 4.39. The van der Waals surface area contributed by atoms with Crippen molar-refractivity contribution < 1.29 is 4.79 Å². The van der Waals surface area contributed by atoms with Crippen LogP contribution in [0.1, 0.15) is 38.8 Å². The molecular weight excluding hydrogens is 308 g/mol. The molecule has 2 aromatic heterocycles. The number of amides is 1. The predicted molar refractivity (Wildman–Crippen MR) is 86.7 cm³/mol. The van der Waals surface area contributed by atoms with Crippen molar-refractivity contribution in [3.05, 3.63) is 44.2 Å². The summed E-state index contributed by atoms with van der Waals surface area (Å²) in [6.45, 7) is 6.02. The number of hydrazine groups is 1. The number of thiophene rings is 1. The Morgan fingerprint density at radius 1 is 1.43 bits per heavy atom. The number of hydrogen-bond donors (Lipinski definition) is 3. The number of pyridine rings is 1. The molecule has 0 spiro atoms. The van der Waals surface area contributed by atoms with Gasteiger partial charge >= 0.3 is 0 Å². The van der Waals surface area contributed by atoms with Crippen molar-refractivity contribution >= 4 is 34.7 Å². The van der Waals surface area contributed by atoms with Gasteiger partial charge in [-0.25, -0.2) is 10.8 Å². The monoisotopic (exact) mass is 324 g/mol. The highest BCUT2D eigenvalue weighted by molar-refractivity contribution is 7.12. The number of nitrogens with two attached hydrogens (primary N) is 1. The fourth-order valence-electron chi connectivity index (χ4n) is 2.10. The van der Waals surface area contributed by atoms with Crippen LogP contribution in [0.15, 0.2) is 18.2 Å². The van der Waals surface area contributed by atoms with Crippen molar-refractivity contribution in [2.75, 3.05) is 5.43 Å². The third kappa shape index (κ3) is 3.53. The Morgan fingerprint density at radius 3 is 2.71 bits per heavy atom. The second-order valence-corrected chi connectivity index (χ2v) is 6.60. The Kier molecular flexibility index (Phi) is 4.82. The number of halogens is 1. The fraction of sp³-hybridized carbons (Fsp3) is 0.286. The molecule has 1 unspecified atom stereocenters. The lowest BCUT2D eigenvalue weighted by molar-refractivity contribution is 0.0935. The zero-order valence-corrected chi connectivity index (χ0v) is 13.6. The number of rotatable bonds is 4. The first-order chi connectivity index (χ1) is 9.92. The second-order valence-electron chi connectivity index (χ2n) is 4.73. The molecule has 0 aromatic carbocycles. The molecule has 0 radical (unpaired) electrons. The summed E-state index contributed by atoms with van der Waals surface area (Å²) in [4.78, 5) is 18.8. The van der Waals surface area contributed by atoms with Gasteiger partial charge in [0.25, 0.3) is 5.91 Å². The molecule has 0 fully saturated rings. The lowest BCUT2D eigenvalue weighted by Crippen LogP contribution is -2.28. The number of nitrogen functional groups attached to an aromatic ring is 1. The molecule has 0 bridgehead atoms. The van der Waals surface area contributed by atoms with Gasteiger partial charge in [0.1, 0.15) is 11.5 Å². The summed E-state index contributed by atoms with van der Waals surface area (Å²) in [7, 11) is 0. The molecule has 21 heavy (non-hydrogen) atoms. The van der Waals surface area contributed by atoms with E-state index in [0.29, 0.717) is 5.82 Å². The van der Waals surface area contributed by atoms with E-state index in [1.54, 1.807) is 23.5 Å². The van der Waals surface area contributed by atoms with E-state index in [0.717, 1.165) is 5.56 Å². The molecule has 112 valence electrons. The average Bonchev–Trinajstić information content (AvgIpc) is 2.78. The molecule has 0 saturated carbocycles. The summed E-state index contributed by atoms with van der Waals surface area (Å²) in [5.41, 5.74) is 3.66. The van der Waals surface area contributed by atoms with Gasteiger partial charge in [0.05, 0.1) is 11.1 Å². The van der Waals surface area contributed by atoms with Crippen molar-refractivity contribution in [1.82, 2.24) is 10.3 Å². The molecular formula is C14H17ClN4OS. The zero-order chi connectivity index (χ0) is 15.6. The van der Waals surface area contributed by atoms with E-state index < -0.39 is 0 Å². The van der Waals surface area contributed by atoms with Crippen molar-refractivity contribution in [2.45, 2.75) is 26.8 Å². The number of nitrogens with one attached hydrogen (secondary N) is 2. The minimum Gasteiger partial charge on any atom is -0.344 e. The van der Waals surface area contributed by atoms with Crippen LogP contribution < -0.4 is 16.6 Å². The van der Waals surface area contributed by atoms with Crippen LogP contribution in [0.2, 0.25) is 5.02 Å². The van der Waals surface area contributed by atoms with Gasteiger partial charge in [0, 0.05) is 9.75 Å². The molecule has 7 heteroatoms. The van der Waals surface area contributed by atoms with E-state index in [4.69, 9.17) is 17.4 Å². The SMILES string of the molecule is Cc1cc(C(C)NC(=O)c2nc(NN)ccc2Cl)c(C)s1. The van der Waals surface area contributed by atoms with Gasteiger partial charge in [-0.1, -0.05) is 11.6 Å². The van der Waals surface area contributed by atoms with Crippen LogP contribution >= 0.6 is 22.9 Å². The smallest absolute Gasteiger partial charge is 0.271 e. The van der Waals surface area contributed by atoms with Crippen molar-refractivity contribution in [3.8, 4) is 0 Å². The molecule has 0 aliphatic carbocycles. The first-order valence-electron chi connectivity index (χ1n) is 6.43. The molecule has 5 nitrogen and oxygen atoms in total. The summed E-state index contributed by atoms with van der Waals surface area (Å²) in [6.07, 6.45) is 0. The maximum atomic E-state index is 12.3. The minimum absolute atomic E-state index is 0.116. The summed E-state index contributed by atoms with van der Waals surface area (Å²) in [6, 6.07) is 5.16. The Labute approximate surface area is 132 Å². The standard InChI is InChI=1S/C14H17ClN4OS/c1-7-6-10(9(3)21-7)8(2)17-14(20)13-11(15)4-5-12(18-13)19-16/h4-6,8H,16H2,1-3H3,(H,17,20)(H,18,19). The maximum Gasteiger partial charge on any atom is 0.271 e. The lowest BCUT2D eigenvalue weighted by Gasteiger charge is -2.14. The Bertz CT molecular complexity index is 671. The van der Waals surface area contributed by atoms with Gasteiger partial charge in [0.2, 0.25) is 0 Å². The van der Waals surface area contributed by atoms with E-state index in [2.05, 4.69) is 21.8 Å². The van der Waals surface area contributed by atoms with E-state index in [-0.39, 0.29) is 22.7 Å². The number of aromatic nitrogens is 1. The summed E-state index contributed by atoms with van der Waals surface area (Å²) >= 11 is 7.73. The quantitative estimate of drug-likeness (QED) is 0.596. The van der Waals surface area contributed by atoms with Crippen LogP contribution in [0.4, 0.5) is 5.82 Å². The van der Waals surface area contributed by atoms with Crippen LogP contribution in [0.3, 0.4) is 0 Å².